The Morgan fingerprint density at radius 1 is 0.852 bits per heavy atom. The predicted molar refractivity (Wildman–Crippen MR) is 216 cm³/mol. The molecule has 2 saturated heterocycles. The molecule has 3 heterocycles. The van der Waals surface area contributed by atoms with Gasteiger partial charge in [-0.05, 0) is 84.5 Å². The summed E-state index contributed by atoms with van der Waals surface area (Å²) < 4.78 is 57.9. The molecule has 4 aromatic rings. The number of phenolic OH excluding ortho intramolecular Hbond substituents is 1. The highest BCUT2D eigenvalue weighted by atomic mass is 35.5. The van der Waals surface area contributed by atoms with Crippen molar-refractivity contribution in [2.45, 2.75) is 30.4 Å². The van der Waals surface area contributed by atoms with E-state index in [0.717, 1.165) is 21.1 Å². The van der Waals surface area contributed by atoms with E-state index < -0.39 is 76.3 Å². The molecule has 318 valence electrons. The van der Waals surface area contributed by atoms with Crippen LogP contribution >= 0.6 is 34.8 Å². The van der Waals surface area contributed by atoms with Gasteiger partial charge in [0, 0.05) is 18.0 Å². The van der Waals surface area contributed by atoms with Crippen LogP contribution in [-0.2, 0) is 30.8 Å². The van der Waals surface area contributed by atoms with E-state index in [1.165, 1.54) is 58.7 Å². The maximum atomic E-state index is 15.6. The number of hydrogen-bond donors (Lipinski definition) is 2. The van der Waals surface area contributed by atoms with Gasteiger partial charge in [-0.25, -0.2) is 4.98 Å². The van der Waals surface area contributed by atoms with Crippen molar-refractivity contribution in [2.75, 3.05) is 38.8 Å². The fraction of sp³-hybridized carbons (Fsp3) is 0.310. The van der Waals surface area contributed by atoms with Crippen LogP contribution in [0.15, 0.2) is 78.4 Å². The second kappa shape index (κ2) is 15.3. The van der Waals surface area contributed by atoms with E-state index >= 15 is 9.59 Å². The van der Waals surface area contributed by atoms with Crippen molar-refractivity contribution in [1.82, 2.24) is 15.0 Å². The first kappa shape index (κ1) is 42.0. The molecule has 61 heavy (non-hydrogen) atoms. The molecule has 3 fully saturated rings. The minimum absolute atomic E-state index is 0.0164. The molecule has 19 heteroatoms. The van der Waals surface area contributed by atoms with Crippen molar-refractivity contribution >= 4 is 69.9 Å². The number of halogens is 6. The molecule has 1 saturated carbocycles. The number of fused-ring (bicyclic) bond motifs is 4. The molecule has 3 aromatic carbocycles. The van der Waals surface area contributed by atoms with Crippen LogP contribution in [0.5, 0.6) is 23.0 Å². The van der Waals surface area contributed by atoms with Crippen molar-refractivity contribution < 1.29 is 51.7 Å². The third-order valence-electron chi connectivity index (χ3n) is 12.1. The Labute approximate surface area is 361 Å². The molecule has 8 rings (SSSR count). The summed E-state index contributed by atoms with van der Waals surface area (Å²) in [7, 11) is 5.36. The number of nitrogens with one attached hydrogen (secondary N) is 1. The van der Waals surface area contributed by atoms with Crippen LogP contribution in [0, 0.1) is 23.7 Å². The zero-order valence-electron chi connectivity index (χ0n) is 32.6. The number of carbonyl (C=O) groups is 4. The van der Waals surface area contributed by atoms with Gasteiger partial charge in [-0.1, -0.05) is 58.6 Å². The molecule has 0 spiro atoms. The quantitative estimate of drug-likeness (QED) is 0.125. The maximum Gasteiger partial charge on any atom is 0.433 e. The van der Waals surface area contributed by atoms with Crippen LogP contribution in [0.1, 0.15) is 35.6 Å². The zero-order chi connectivity index (χ0) is 43.9. The van der Waals surface area contributed by atoms with Gasteiger partial charge in [-0.3, -0.25) is 29.6 Å². The average molecular weight is 901 g/mol. The highest BCUT2D eigenvalue weighted by molar-refractivity contribution is 6.36. The Bertz CT molecular complexity index is 2520. The van der Waals surface area contributed by atoms with Crippen molar-refractivity contribution in [1.29, 1.82) is 0 Å². The monoisotopic (exact) mass is 899 g/mol. The predicted octanol–water partition coefficient (Wildman–Crippen LogP) is 7.83. The van der Waals surface area contributed by atoms with Gasteiger partial charge in [-0.2, -0.15) is 23.2 Å². The Morgan fingerprint density at radius 3 is 2.13 bits per heavy atom. The standard InChI is InChI=1S/C42H35Cl3F3N5O8/c1-51(36-27(44)12-14-32(49-36)42(46,47)48)53-37(55)24-11-10-23-25(33(24)39(53)57)18-26-38(56)52(50-29-13-7-21(43)17-28(29)45)40(58)41(26,20-5-8-22(59-2)9-6-20)34(23)19-15-30(60-3)35(54)31(16-19)61-4/h5-10,12-17,24-26,33-34,50,54H,11,18H2,1-4H3. The largest absolute Gasteiger partial charge is 0.502 e. The lowest BCUT2D eigenvalue weighted by atomic mass is 9.49. The lowest BCUT2D eigenvalue weighted by Gasteiger charge is -2.50. The smallest absolute Gasteiger partial charge is 0.433 e. The summed E-state index contributed by atoms with van der Waals surface area (Å²) in [5, 5.41) is 13.8. The van der Waals surface area contributed by atoms with Gasteiger partial charge in [0.2, 0.25) is 5.75 Å². The average Bonchev–Trinajstić information content (AvgIpc) is 3.61. The SMILES string of the molecule is COc1ccc(C23C(=O)N(Nc4ccc(Cl)cc4Cl)C(=O)C2CC2C(=CCC4C(=O)N(N(C)c5nc(C(F)(F)F)ccc5Cl)C(=O)C42)C3c2cc(OC)c(O)c(OC)c2)cc1. The summed E-state index contributed by atoms with van der Waals surface area (Å²) in [4.78, 5) is 63.4. The van der Waals surface area contributed by atoms with Crippen LogP contribution in [0.4, 0.5) is 24.7 Å². The van der Waals surface area contributed by atoms with E-state index in [1.807, 2.05) is 0 Å². The van der Waals surface area contributed by atoms with E-state index in [1.54, 1.807) is 30.3 Å². The number of ether oxygens (including phenoxy) is 3. The topological polar surface area (TPSA) is 151 Å². The van der Waals surface area contributed by atoms with Crippen molar-refractivity contribution in [2.24, 2.45) is 23.7 Å². The van der Waals surface area contributed by atoms with Crippen molar-refractivity contribution in [3.63, 3.8) is 0 Å². The normalized spacial score (nSPS) is 24.6. The first-order valence-corrected chi connectivity index (χ1v) is 19.9. The van der Waals surface area contributed by atoms with Crippen LogP contribution in [0.3, 0.4) is 0 Å². The number of allylic oxidation sites excluding steroid dienone is 2. The maximum absolute atomic E-state index is 15.6. The number of pyridine rings is 1. The highest BCUT2D eigenvalue weighted by Crippen LogP contribution is 2.65. The number of benzene rings is 3. The van der Waals surface area contributed by atoms with Gasteiger partial charge in [0.25, 0.3) is 23.6 Å². The van der Waals surface area contributed by atoms with E-state index in [2.05, 4.69) is 10.4 Å². The van der Waals surface area contributed by atoms with Crippen molar-refractivity contribution in [3.05, 3.63) is 110 Å². The van der Waals surface area contributed by atoms with Gasteiger partial charge in [0.15, 0.2) is 17.3 Å². The number of amides is 4. The summed E-state index contributed by atoms with van der Waals surface area (Å²) in [5.41, 5.74) is 1.34. The summed E-state index contributed by atoms with van der Waals surface area (Å²) in [6.45, 7) is 0. The van der Waals surface area contributed by atoms with Gasteiger partial charge in [0.05, 0.1) is 60.2 Å². The van der Waals surface area contributed by atoms with Gasteiger partial charge >= 0.3 is 6.18 Å². The van der Waals surface area contributed by atoms with Crippen molar-refractivity contribution in [3.8, 4) is 23.0 Å². The molecule has 2 aliphatic heterocycles. The van der Waals surface area contributed by atoms with Crippen LogP contribution in [-0.4, -0.2) is 72.1 Å². The Morgan fingerprint density at radius 2 is 1.52 bits per heavy atom. The zero-order valence-corrected chi connectivity index (χ0v) is 34.9. The number of aromatic hydroxyl groups is 1. The fourth-order valence-corrected chi connectivity index (χ4v) is 10.2. The molecule has 4 amide bonds. The summed E-state index contributed by atoms with van der Waals surface area (Å²) in [6.07, 6.45) is -3.23. The van der Waals surface area contributed by atoms with Gasteiger partial charge < -0.3 is 19.3 Å². The van der Waals surface area contributed by atoms with E-state index in [9.17, 15) is 27.9 Å². The lowest BCUT2D eigenvalue weighted by Crippen LogP contribution is -2.53. The number of hydrogen-bond acceptors (Lipinski definition) is 11. The number of hydrazine groups is 2. The molecule has 13 nitrogen and oxygen atoms in total. The summed E-state index contributed by atoms with van der Waals surface area (Å²) >= 11 is 19.0. The van der Waals surface area contributed by atoms with E-state index in [4.69, 9.17) is 49.0 Å². The number of alkyl halides is 3. The minimum atomic E-state index is -4.86. The molecule has 6 unspecified atom stereocenters. The number of anilines is 2. The first-order valence-electron chi connectivity index (χ1n) is 18.7. The molecule has 6 atom stereocenters. The van der Waals surface area contributed by atoms with Crippen LogP contribution < -0.4 is 24.6 Å². The fourth-order valence-electron chi connectivity index (χ4n) is 9.49. The summed E-state index contributed by atoms with van der Waals surface area (Å²) in [6, 6.07) is 15.8. The number of aromatic nitrogens is 1. The Hall–Kier alpha value is -5.71. The molecule has 0 bridgehead atoms. The van der Waals surface area contributed by atoms with E-state index in [-0.39, 0.29) is 45.8 Å². The number of rotatable bonds is 9. The number of nitrogens with zero attached hydrogens (tertiary/aromatic N) is 4. The molecule has 4 aliphatic rings. The molecule has 1 aromatic heterocycles. The third kappa shape index (κ3) is 6.49. The lowest BCUT2D eigenvalue weighted by molar-refractivity contribution is -0.142. The molecular formula is C42H35Cl3F3N5O8. The molecule has 0 radical (unpaired) electrons. The second-order valence-electron chi connectivity index (χ2n) is 15.0. The number of imide groups is 2. The van der Waals surface area contributed by atoms with Gasteiger partial charge in [-0.15, -0.1) is 0 Å². The summed E-state index contributed by atoms with van der Waals surface area (Å²) in [5.74, 6) is -8.59. The van der Waals surface area contributed by atoms with E-state index in [0.29, 0.717) is 33.5 Å². The molecular weight excluding hydrogens is 866 g/mol. The number of methoxy groups -OCH3 is 3. The Balaban J connectivity index is 1.32. The van der Waals surface area contributed by atoms with Crippen LogP contribution in [0.2, 0.25) is 15.1 Å². The number of carbonyl (C=O) groups excluding carboxylic acids is 4. The highest BCUT2D eigenvalue weighted by Gasteiger charge is 2.70. The minimum Gasteiger partial charge on any atom is -0.502 e. The first-order chi connectivity index (χ1) is 29.0. The Kier molecular flexibility index (Phi) is 10.6. The van der Waals surface area contributed by atoms with Crippen LogP contribution in [0.25, 0.3) is 0 Å². The van der Waals surface area contributed by atoms with Gasteiger partial charge in [0.1, 0.15) is 11.4 Å². The third-order valence-corrected chi connectivity index (χ3v) is 13.0. The number of phenols is 1. The second-order valence-corrected chi connectivity index (χ2v) is 16.2. The molecule has 2 N–H and O–H groups in total. The molecule has 2 aliphatic carbocycles.